The second-order valence-corrected chi connectivity index (χ2v) is 4.95. The summed E-state index contributed by atoms with van der Waals surface area (Å²) in [7, 11) is 0. The minimum atomic E-state index is -0.570. The first-order chi connectivity index (χ1) is 9.20. The van der Waals surface area contributed by atoms with Crippen molar-refractivity contribution in [1.29, 1.82) is 0 Å². The van der Waals surface area contributed by atoms with Gasteiger partial charge in [-0.1, -0.05) is 61.5 Å². The molecule has 2 aromatic carbocycles. The Kier molecular flexibility index (Phi) is 2.79. The molecule has 0 fully saturated rings. The number of ketones is 2. The number of Topliss-reactive ketones (excluding diaryl/α,β-unsaturated/α-hetero) is 2. The fourth-order valence-corrected chi connectivity index (χ4v) is 2.77. The van der Waals surface area contributed by atoms with Crippen molar-refractivity contribution in [3.05, 3.63) is 71.3 Å². The zero-order valence-electron chi connectivity index (χ0n) is 10.7. The van der Waals surface area contributed by atoms with Gasteiger partial charge >= 0.3 is 0 Å². The highest BCUT2D eigenvalue weighted by atomic mass is 16.2. The lowest BCUT2D eigenvalue weighted by molar-refractivity contribution is 0.0820. The van der Waals surface area contributed by atoms with E-state index in [2.05, 4.69) is 0 Å². The van der Waals surface area contributed by atoms with E-state index in [0.29, 0.717) is 11.1 Å². The van der Waals surface area contributed by atoms with Crippen molar-refractivity contribution in [1.82, 2.24) is 0 Å². The summed E-state index contributed by atoms with van der Waals surface area (Å²) in [6, 6.07) is 16.8. The molecule has 3 rings (SSSR count). The summed E-state index contributed by atoms with van der Waals surface area (Å²) >= 11 is 0. The van der Waals surface area contributed by atoms with E-state index in [-0.39, 0.29) is 17.5 Å². The molecule has 0 bridgehead atoms. The van der Waals surface area contributed by atoms with Crippen LogP contribution in [0.1, 0.15) is 39.1 Å². The first-order valence-electron chi connectivity index (χ1n) is 6.42. The van der Waals surface area contributed by atoms with E-state index in [1.165, 1.54) is 0 Å². The number of fused-ring (bicyclic) bond motifs is 1. The normalized spacial score (nSPS) is 16.5. The Bertz CT molecular complexity index is 608. The highest BCUT2D eigenvalue weighted by molar-refractivity contribution is 6.26. The van der Waals surface area contributed by atoms with E-state index in [1.54, 1.807) is 24.3 Å². The van der Waals surface area contributed by atoms with Crippen LogP contribution in [0.5, 0.6) is 0 Å². The number of rotatable bonds is 2. The molecule has 0 aromatic heterocycles. The lowest BCUT2D eigenvalue weighted by Crippen LogP contribution is -2.21. The van der Waals surface area contributed by atoms with E-state index < -0.39 is 5.92 Å². The molecular weight excluding hydrogens is 236 g/mol. The summed E-state index contributed by atoms with van der Waals surface area (Å²) < 4.78 is 0. The predicted octanol–water partition coefficient (Wildman–Crippen LogP) is 3.49. The monoisotopic (exact) mass is 250 g/mol. The zero-order valence-corrected chi connectivity index (χ0v) is 10.7. The van der Waals surface area contributed by atoms with Crippen LogP contribution in [0.4, 0.5) is 0 Å². The Morgan fingerprint density at radius 1 is 0.789 bits per heavy atom. The summed E-state index contributed by atoms with van der Waals surface area (Å²) in [5.41, 5.74) is 2.17. The van der Waals surface area contributed by atoms with Gasteiger partial charge in [-0.05, 0) is 11.5 Å². The number of hydrogen-bond acceptors (Lipinski definition) is 2. The maximum absolute atomic E-state index is 12.4. The first-order valence-corrected chi connectivity index (χ1v) is 6.42. The van der Waals surface area contributed by atoms with Gasteiger partial charge in [0.15, 0.2) is 11.6 Å². The minimum absolute atomic E-state index is 0.0445. The topological polar surface area (TPSA) is 34.1 Å². The molecular formula is C17H14O2. The van der Waals surface area contributed by atoms with Crippen LogP contribution in [0.15, 0.2) is 54.6 Å². The van der Waals surface area contributed by atoms with Crippen LogP contribution < -0.4 is 0 Å². The average molecular weight is 250 g/mol. The van der Waals surface area contributed by atoms with Crippen molar-refractivity contribution in [2.45, 2.75) is 12.8 Å². The molecule has 2 heteroatoms. The molecule has 0 heterocycles. The van der Waals surface area contributed by atoms with E-state index in [1.807, 2.05) is 37.3 Å². The third-order valence-corrected chi connectivity index (χ3v) is 3.85. The molecule has 0 radical (unpaired) electrons. The molecule has 0 saturated carbocycles. The second kappa shape index (κ2) is 4.47. The smallest absolute Gasteiger partial charge is 0.175 e. The van der Waals surface area contributed by atoms with Crippen LogP contribution in [0.2, 0.25) is 0 Å². The van der Waals surface area contributed by atoms with Crippen LogP contribution >= 0.6 is 0 Å². The Hall–Kier alpha value is -2.22. The van der Waals surface area contributed by atoms with Gasteiger partial charge in [-0.2, -0.15) is 0 Å². The molecule has 0 saturated heterocycles. The molecule has 1 atom stereocenters. The first kappa shape index (κ1) is 11.8. The van der Waals surface area contributed by atoms with Crippen LogP contribution in [0, 0.1) is 5.92 Å². The Labute approximate surface area is 112 Å². The van der Waals surface area contributed by atoms with Crippen LogP contribution in [0.3, 0.4) is 0 Å². The van der Waals surface area contributed by atoms with Gasteiger partial charge in [0.2, 0.25) is 0 Å². The van der Waals surface area contributed by atoms with Crippen LogP contribution in [-0.2, 0) is 0 Å². The Morgan fingerprint density at radius 2 is 1.26 bits per heavy atom. The fourth-order valence-electron chi connectivity index (χ4n) is 2.77. The summed E-state index contributed by atoms with van der Waals surface area (Å²) in [6.07, 6.45) is 0. The quantitative estimate of drug-likeness (QED) is 0.765. The van der Waals surface area contributed by atoms with Gasteiger partial charge in [-0.25, -0.2) is 0 Å². The van der Waals surface area contributed by atoms with Gasteiger partial charge in [0.25, 0.3) is 0 Å². The largest absolute Gasteiger partial charge is 0.293 e. The molecule has 2 nitrogen and oxygen atoms in total. The maximum atomic E-state index is 12.4. The number of hydrogen-bond donors (Lipinski definition) is 0. The number of carbonyl (C=O) groups excluding carboxylic acids is 2. The van der Waals surface area contributed by atoms with Gasteiger partial charge < -0.3 is 0 Å². The zero-order chi connectivity index (χ0) is 13.4. The fraction of sp³-hybridized carbons (Fsp3) is 0.176. The number of benzene rings is 2. The lowest BCUT2D eigenvalue weighted by Gasteiger charge is -2.16. The Morgan fingerprint density at radius 3 is 1.79 bits per heavy atom. The molecule has 1 aliphatic carbocycles. The third kappa shape index (κ3) is 1.80. The van der Waals surface area contributed by atoms with Crippen molar-refractivity contribution in [2.75, 3.05) is 0 Å². The predicted molar refractivity (Wildman–Crippen MR) is 73.5 cm³/mol. The lowest BCUT2D eigenvalue weighted by atomic mass is 9.84. The van der Waals surface area contributed by atoms with Gasteiger partial charge in [0.05, 0.1) is 5.92 Å². The Balaban J connectivity index is 2.01. The highest BCUT2D eigenvalue weighted by Gasteiger charge is 2.41. The summed E-state index contributed by atoms with van der Waals surface area (Å²) in [5, 5.41) is 0. The standard InChI is InChI=1S/C17H14O2/c1-11(12-7-3-2-4-8-12)15-16(18)13-9-5-6-10-14(13)17(15)19/h2-11,15H,1H3/t11-/m1/s1. The van der Waals surface area contributed by atoms with Crippen molar-refractivity contribution < 1.29 is 9.59 Å². The molecule has 0 unspecified atom stereocenters. The third-order valence-electron chi connectivity index (χ3n) is 3.85. The number of carbonyl (C=O) groups is 2. The van der Waals surface area contributed by atoms with Gasteiger partial charge in [0.1, 0.15) is 0 Å². The molecule has 0 N–H and O–H groups in total. The molecule has 94 valence electrons. The molecule has 1 aliphatic rings. The minimum Gasteiger partial charge on any atom is -0.293 e. The van der Waals surface area contributed by atoms with Crippen LogP contribution in [-0.4, -0.2) is 11.6 Å². The highest BCUT2D eigenvalue weighted by Crippen LogP contribution is 2.36. The molecule has 19 heavy (non-hydrogen) atoms. The van der Waals surface area contributed by atoms with E-state index in [9.17, 15) is 9.59 Å². The maximum Gasteiger partial charge on any atom is 0.175 e. The van der Waals surface area contributed by atoms with E-state index >= 15 is 0 Å². The SMILES string of the molecule is C[C@H](c1ccccc1)C1C(=O)c2ccccc2C1=O. The van der Waals surface area contributed by atoms with Gasteiger partial charge in [0, 0.05) is 11.1 Å². The molecule has 0 aliphatic heterocycles. The second-order valence-electron chi connectivity index (χ2n) is 4.95. The molecule has 0 amide bonds. The van der Waals surface area contributed by atoms with Gasteiger partial charge in [-0.15, -0.1) is 0 Å². The average Bonchev–Trinajstić information content (AvgIpc) is 2.72. The van der Waals surface area contributed by atoms with Crippen molar-refractivity contribution in [2.24, 2.45) is 5.92 Å². The summed E-state index contributed by atoms with van der Waals surface area (Å²) in [6.45, 7) is 1.95. The van der Waals surface area contributed by atoms with Crippen LogP contribution in [0.25, 0.3) is 0 Å². The summed E-state index contributed by atoms with van der Waals surface area (Å²) in [4.78, 5) is 24.8. The molecule has 0 spiro atoms. The van der Waals surface area contributed by atoms with E-state index in [0.717, 1.165) is 5.56 Å². The summed E-state index contributed by atoms with van der Waals surface area (Å²) in [5.74, 6) is -0.748. The van der Waals surface area contributed by atoms with E-state index in [4.69, 9.17) is 0 Å². The van der Waals surface area contributed by atoms with Crippen molar-refractivity contribution >= 4 is 11.6 Å². The van der Waals surface area contributed by atoms with Gasteiger partial charge in [-0.3, -0.25) is 9.59 Å². The molecule has 2 aromatic rings. The van der Waals surface area contributed by atoms with Crippen molar-refractivity contribution in [3.63, 3.8) is 0 Å². The van der Waals surface area contributed by atoms with Crippen molar-refractivity contribution in [3.8, 4) is 0 Å².